The van der Waals surface area contributed by atoms with Crippen LogP contribution in [-0.2, 0) is 4.74 Å². The quantitative estimate of drug-likeness (QED) is 0.816. The molecule has 0 saturated heterocycles. The van der Waals surface area contributed by atoms with Crippen LogP contribution in [0.2, 0.25) is 0 Å². The third kappa shape index (κ3) is 4.43. The molecule has 1 aliphatic carbocycles. The molecule has 1 heterocycles. The van der Waals surface area contributed by atoms with E-state index >= 15 is 0 Å². The highest BCUT2D eigenvalue weighted by atomic mass is 16.5. The van der Waals surface area contributed by atoms with Crippen LogP contribution in [0.25, 0.3) is 0 Å². The summed E-state index contributed by atoms with van der Waals surface area (Å²) in [7, 11) is 0. The summed E-state index contributed by atoms with van der Waals surface area (Å²) in [6.07, 6.45) is 5.13. The van der Waals surface area contributed by atoms with Crippen molar-refractivity contribution < 1.29 is 9.53 Å². The van der Waals surface area contributed by atoms with E-state index in [-0.39, 0.29) is 17.0 Å². The Hall–Kier alpha value is -1.62. The van der Waals surface area contributed by atoms with Crippen molar-refractivity contribution in [3.8, 4) is 0 Å². The molecule has 0 bridgehead atoms. The third-order valence-corrected chi connectivity index (χ3v) is 4.05. The lowest BCUT2D eigenvalue weighted by Crippen LogP contribution is -2.34. The van der Waals surface area contributed by atoms with Gasteiger partial charge in [-0.1, -0.05) is 19.8 Å². The first-order valence-corrected chi connectivity index (χ1v) is 7.67. The fourth-order valence-corrected chi connectivity index (χ4v) is 2.75. The molecular formula is C16H24N2O3. The molecule has 0 unspecified atom stereocenters. The van der Waals surface area contributed by atoms with E-state index in [9.17, 15) is 9.59 Å². The standard InChI is InChI=1S/C16H24N2O3/c1-11-5-3-4-6-14(11)21-10-9-17-15(19)13-8-7-12(2)18-16(13)20/h7-8,11,14H,3-6,9-10H2,1-2H3,(H,17,19)(H,18,20)/t11-,14-/m1/s1. The summed E-state index contributed by atoms with van der Waals surface area (Å²) in [5.41, 5.74) is 0.534. The molecule has 5 heteroatoms. The van der Waals surface area contributed by atoms with Crippen LogP contribution in [0.15, 0.2) is 16.9 Å². The molecule has 5 nitrogen and oxygen atoms in total. The number of aryl methyl sites for hydroxylation is 1. The van der Waals surface area contributed by atoms with Gasteiger partial charge in [-0.15, -0.1) is 0 Å². The SMILES string of the molecule is Cc1ccc(C(=O)NCCO[C@@H]2CCCC[C@H]2C)c(=O)[nH]1. The normalized spacial score (nSPS) is 22.0. The van der Waals surface area contributed by atoms with Crippen molar-refractivity contribution in [3.63, 3.8) is 0 Å². The number of hydrogen-bond donors (Lipinski definition) is 2. The van der Waals surface area contributed by atoms with Crippen molar-refractivity contribution in [2.75, 3.05) is 13.2 Å². The van der Waals surface area contributed by atoms with Gasteiger partial charge in [0.25, 0.3) is 11.5 Å². The summed E-state index contributed by atoms with van der Waals surface area (Å²) in [6.45, 7) is 4.91. The molecule has 1 aliphatic rings. The molecule has 2 rings (SSSR count). The zero-order chi connectivity index (χ0) is 15.2. The van der Waals surface area contributed by atoms with Gasteiger partial charge in [-0.3, -0.25) is 9.59 Å². The average molecular weight is 292 g/mol. The number of H-pyrrole nitrogens is 1. The van der Waals surface area contributed by atoms with Crippen LogP contribution in [0, 0.1) is 12.8 Å². The number of hydrogen-bond acceptors (Lipinski definition) is 3. The number of pyridine rings is 1. The van der Waals surface area contributed by atoms with E-state index in [1.807, 2.05) is 0 Å². The molecule has 0 aromatic carbocycles. The zero-order valence-electron chi connectivity index (χ0n) is 12.8. The number of nitrogens with one attached hydrogen (secondary N) is 2. The molecule has 1 aromatic rings. The molecule has 1 saturated carbocycles. The van der Waals surface area contributed by atoms with Crippen LogP contribution in [0.1, 0.15) is 48.7 Å². The lowest BCUT2D eigenvalue weighted by molar-refractivity contribution is -0.00294. The third-order valence-electron chi connectivity index (χ3n) is 4.05. The average Bonchev–Trinajstić information content (AvgIpc) is 2.45. The van der Waals surface area contributed by atoms with E-state index < -0.39 is 0 Å². The van der Waals surface area contributed by atoms with Gasteiger partial charge in [0, 0.05) is 12.2 Å². The van der Waals surface area contributed by atoms with Crippen LogP contribution in [-0.4, -0.2) is 30.1 Å². The van der Waals surface area contributed by atoms with E-state index in [4.69, 9.17) is 4.74 Å². The predicted octanol–water partition coefficient (Wildman–Crippen LogP) is 2.01. The fourth-order valence-electron chi connectivity index (χ4n) is 2.75. The van der Waals surface area contributed by atoms with E-state index in [2.05, 4.69) is 17.2 Å². The van der Waals surface area contributed by atoms with Crippen LogP contribution in [0.3, 0.4) is 0 Å². The minimum absolute atomic E-state index is 0.145. The molecule has 1 fully saturated rings. The summed E-state index contributed by atoms with van der Waals surface area (Å²) in [5, 5.41) is 2.73. The van der Waals surface area contributed by atoms with E-state index in [1.165, 1.54) is 19.3 Å². The van der Waals surface area contributed by atoms with Crippen molar-refractivity contribution in [1.29, 1.82) is 0 Å². The van der Waals surface area contributed by atoms with Gasteiger partial charge in [-0.25, -0.2) is 0 Å². The summed E-state index contributed by atoms with van der Waals surface area (Å²) in [5.74, 6) is 0.242. The lowest BCUT2D eigenvalue weighted by Gasteiger charge is -2.28. The number of carbonyl (C=O) groups excluding carboxylic acids is 1. The highest BCUT2D eigenvalue weighted by Gasteiger charge is 2.21. The summed E-state index contributed by atoms with van der Waals surface area (Å²) >= 11 is 0. The largest absolute Gasteiger partial charge is 0.376 e. The molecule has 0 aliphatic heterocycles. The molecule has 1 amide bonds. The molecule has 0 radical (unpaired) electrons. The molecule has 2 N–H and O–H groups in total. The number of aromatic nitrogens is 1. The monoisotopic (exact) mass is 292 g/mol. The summed E-state index contributed by atoms with van der Waals surface area (Å²) in [6, 6.07) is 3.27. The Balaban J connectivity index is 1.75. The molecule has 116 valence electrons. The Morgan fingerprint density at radius 3 is 2.86 bits per heavy atom. The zero-order valence-corrected chi connectivity index (χ0v) is 12.8. The molecule has 2 atom stereocenters. The van der Waals surface area contributed by atoms with E-state index in [0.717, 1.165) is 12.1 Å². The highest BCUT2D eigenvalue weighted by Crippen LogP contribution is 2.25. The number of amides is 1. The highest BCUT2D eigenvalue weighted by molar-refractivity contribution is 5.93. The minimum atomic E-state index is -0.352. The Morgan fingerprint density at radius 2 is 2.14 bits per heavy atom. The van der Waals surface area contributed by atoms with Crippen molar-refractivity contribution in [2.24, 2.45) is 5.92 Å². The Morgan fingerprint density at radius 1 is 1.38 bits per heavy atom. The second-order valence-corrected chi connectivity index (χ2v) is 5.81. The number of carbonyl (C=O) groups is 1. The maximum Gasteiger partial charge on any atom is 0.260 e. The van der Waals surface area contributed by atoms with Gasteiger partial charge in [0.15, 0.2) is 0 Å². The van der Waals surface area contributed by atoms with Gasteiger partial charge >= 0.3 is 0 Å². The first-order valence-electron chi connectivity index (χ1n) is 7.67. The topological polar surface area (TPSA) is 71.2 Å². The van der Waals surface area contributed by atoms with Crippen molar-refractivity contribution in [3.05, 3.63) is 33.7 Å². The second-order valence-electron chi connectivity index (χ2n) is 5.81. The van der Waals surface area contributed by atoms with Crippen LogP contribution in [0.5, 0.6) is 0 Å². The smallest absolute Gasteiger partial charge is 0.260 e. The molecule has 0 spiro atoms. The Bertz CT molecular complexity index is 539. The second kappa shape index (κ2) is 7.41. The van der Waals surface area contributed by atoms with Gasteiger partial charge in [-0.2, -0.15) is 0 Å². The molecule has 21 heavy (non-hydrogen) atoms. The van der Waals surface area contributed by atoms with Crippen molar-refractivity contribution >= 4 is 5.91 Å². The van der Waals surface area contributed by atoms with Gasteiger partial charge in [0.2, 0.25) is 0 Å². The minimum Gasteiger partial charge on any atom is -0.376 e. The van der Waals surface area contributed by atoms with E-state index in [1.54, 1.807) is 19.1 Å². The van der Waals surface area contributed by atoms with Crippen LogP contribution >= 0.6 is 0 Å². The maximum atomic E-state index is 11.9. The van der Waals surface area contributed by atoms with Crippen molar-refractivity contribution in [2.45, 2.75) is 45.6 Å². The van der Waals surface area contributed by atoms with Gasteiger partial charge in [0.05, 0.1) is 12.7 Å². The summed E-state index contributed by atoms with van der Waals surface area (Å²) < 4.78 is 5.83. The number of ether oxygens (including phenoxy) is 1. The van der Waals surface area contributed by atoms with Crippen LogP contribution in [0.4, 0.5) is 0 Å². The number of rotatable bonds is 5. The number of aromatic amines is 1. The van der Waals surface area contributed by atoms with Gasteiger partial charge in [0.1, 0.15) is 5.56 Å². The van der Waals surface area contributed by atoms with Crippen molar-refractivity contribution in [1.82, 2.24) is 10.3 Å². The van der Waals surface area contributed by atoms with Gasteiger partial charge < -0.3 is 15.0 Å². The first-order chi connectivity index (χ1) is 10.1. The molecule has 1 aromatic heterocycles. The Kier molecular flexibility index (Phi) is 5.56. The fraction of sp³-hybridized carbons (Fsp3) is 0.625. The summed E-state index contributed by atoms with van der Waals surface area (Å²) in [4.78, 5) is 26.2. The Labute approximate surface area is 125 Å². The predicted molar refractivity (Wildman–Crippen MR) is 81.5 cm³/mol. The van der Waals surface area contributed by atoms with Crippen LogP contribution < -0.4 is 10.9 Å². The molecular weight excluding hydrogens is 268 g/mol. The first kappa shape index (κ1) is 15.8. The lowest BCUT2D eigenvalue weighted by atomic mass is 9.88. The van der Waals surface area contributed by atoms with E-state index in [0.29, 0.717) is 25.2 Å². The van der Waals surface area contributed by atoms with Gasteiger partial charge in [-0.05, 0) is 37.8 Å². The maximum absolute atomic E-state index is 11.9.